The van der Waals surface area contributed by atoms with E-state index in [1.807, 2.05) is 0 Å². The van der Waals surface area contributed by atoms with Crippen LogP contribution in [0, 0.1) is 0 Å². The van der Waals surface area contributed by atoms with Crippen LogP contribution in [0.25, 0.3) is 11.0 Å². The Hall–Kier alpha value is -3.81. The molecule has 0 aliphatic rings. The zero-order valence-electron chi connectivity index (χ0n) is 17.4. The first kappa shape index (κ1) is 21.9. The number of para-hydroxylation sites is 1. The number of rotatable bonds is 9. The SMILES string of the molecule is CCOC(=O)c1oc2ccccc2c1COC(=O)COc1ccc(C(C)=O)cc1OC. The summed E-state index contributed by atoms with van der Waals surface area (Å²) in [6.45, 7) is 2.74. The summed E-state index contributed by atoms with van der Waals surface area (Å²) in [5, 5.41) is 0.653. The minimum absolute atomic E-state index is 0.00161. The van der Waals surface area contributed by atoms with Gasteiger partial charge in [-0.15, -0.1) is 0 Å². The van der Waals surface area contributed by atoms with Crippen molar-refractivity contribution >= 4 is 28.7 Å². The molecule has 0 radical (unpaired) electrons. The highest BCUT2D eigenvalue weighted by atomic mass is 16.6. The summed E-state index contributed by atoms with van der Waals surface area (Å²) in [5.41, 5.74) is 1.37. The molecule has 3 rings (SSSR count). The molecule has 1 heterocycles. The lowest BCUT2D eigenvalue weighted by Crippen LogP contribution is -2.16. The van der Waals surface area contributed by atoms with E-state index < -0.39 is 11.9 Å². The highest BCUT2D eigenvalue weighted by Gasteiger charge is 2.23. The van der Waals surface area contributed by atoms with Crippen LogP contribution in [0.1, 0.15) is 40.3 Å². The highest BCUT2D eigenvalue weighted by molar-refractivity contribution is 5.96. The van der Waals surface area contributed by atoms with Gasteiger partial charge in [-0.2, -0.15) is 0 Å². The molecule has 0 bridgehead atoms. The summed E-state index contributed by atoms with van der Waals surface area (Å²) in [7, 11) is 1.44. The number of furan rings is 1. The minimum Gasteiger partial charge on any atom is -0.493 e. The van der Waals surface area contributed by atoms with Crippen molar-refractivity contribution in [3.8, 4) is 11.5 Å². The number of benzene rings is 2. The van der Waals surface area contributed by atoms with Gasteiger partial charge < -0.3 is 23.4 Å². The van der Waals surface area contributed by atoms with E-state index in [0.717, 1.165) is 0 Å². The topological polar surface area (TPSA) is 101 Å². The molecule has 3 aromatic rings. The van der Waals surface area contributed by atoms with Crippen molar-refractivity contribution in [2.45, 2.75) is 20.5 Å². The summed E-state index contributed by atoms with van der Waals surface area (Å²) in [6, 6.07) is 11.7. The summed E-state index contributed by atoms with van der Waals surface area (Å²) in [5.74, 6) is -0.780. The molecule has 0 atom stereocenters. The molecule has 0 unspecified atom stereocenters. The van der Waals surface area contributed by atoms with Crippen molar-refractivity contribution < 1.29 is 37.7 Å². The largest absolute Gasteiger partial charge is 0.493 e. The first-order valence-corrected chi connectivity index (χ1v) is 9.59. The molecular weight excluding hydrogens is 404 g/mol. The standard InChI is InChI=1S/C23H22O8/c1-4-28-23(26)22-17(16-7-5-6-8-18(16)31-22)12-30-21(25)13-29-19-10-9-15(14(2)24)11-20(19)27-3/h5-11H,4,12-13H2,1-3H3. The Labute approximate surface area is 178 Å². The average molecular weight is 426 g/mol. The van der Waals surface area contributed by atoms with Gasteiger partial charge in [0.25, 0.3) is 0 Å². The van der Waals surface area contributed by atoms with Crippen molar-refractivity contribution in [1.82, 2.24) is 0 Å². The van der Waals surface area contributed by atoms with Gasteiger partial charge in [-0.1, -0.05) is 18.2 Å². The average Bonchev–Trinajstić information content (AvgIpc) is 3.15. The Bertz CT molecular complexity index is 1110. The van der Waals surface area contributed by atoms with Crippen LogP contribution in [-0.4, -0.2) is 38.0 Å². The summed E-state index contributed by atoms with van der Waals surface area (Å²) >= 11 is 0. The Kier molecular flexibility index (Phi) is 6.92. The molecule has 0 saturated heterocycles. The highest BCUT2D eigenvalue weighted by Crippen LogP contribution is 2.29. The van der Waals surface area contributed by atoms with Gasteiger partial charge in [-0.25, -0.2) is 9.59 Å². The fourth-order valence-electron chi connectivity index (χ4n) is 2.94. The lowest BCUT2D eigenvalue weighted by atomic mass is 10.1. The fraction of sp³-hybridized carbons (Fsp3) is 0.261. The van der Waals surface area contributed by atoms with Crippen LogP contribution >= 0.6 is 0 Å². The molecule has 0 amide bonds. The van der Waals surface area contributed by atoms with Gasteiger partial charge in [0.05, 0.1) is 19.3 Å². The number of ketones is 1. The summed E-state index contributed by atoms with van der Waals surface area (Å²) in [6.07, 6.45) is 0. The van der Waals surface area contributed by atoms with Gasteiger partial charge in [0, 0.05) is 10.9 Å². The van der Waals surface area contributed by atoms with Gasteiger partial charge in [0.15, 0.2) is 23.9 Å². The van der Waals surface area contributed by atoms with Crippen LogP contribution in [0.15, 0.2) is 46.9 Å². The van der Waals surface area contributed by atoms with E-state index in [-0.39, 0.29) is 31.4 Å². The molecule has 1 aromatic heterocycles. The molecule has 162 valence electrons. The predicted molar refractivity (Wildman–Crippen MR) is 110 cm³/mol. The minimum atomic E-state index is -0.655. The fourth-order valence-corrected chi connectivity index (χ4v) is 2.94. The van der Waals surface area contributed by atoms with Crippen LogP contribution in [0.5, 0.6) is 11.5 Å². The zero-order chi connectivity index (χ0) is 22.4. The molecule has 0 spiro atoms. The first-order valence-electron chi connectivity index (χ1n) is 9.59. The molecule has 2 aromatic carbocycles. The van der Waals surface area contributed by atoms with Gasteiger partial charge in [0.1, 0.15) is 12.2 Å². The van der Waals surface area contributed by atoms with E-state index in [0.29, 0.717) is 33.6 Å². The number of ether oxygens (including phenoxy) is 4. The number of fused-ring (bicyclic) bond motifs is 1. The number of methoxy groups -OCH3 is 1. The molecular formula is C23H22O8. The van der Waals surface area contributed by atoms with E-state index in [9.17, 15) is 14.4 Å². The van der Waals surface area contributed by atoms with Crippen molar-refractivity contribution in [1.29, 1.82) is 0 Å². The van der Waals surface area contributed by atoms with Gasteiger partial charge >= 0.3 is 11.9 Å². The van der Waals surface area contributed by atoms with E-state index in [2.05, 4.69) is 0 Å². The zero-order valence-corrected chi connectivity index (χ0v) is 17.4. The molecule has 8 heteroatoms. The number of carbonyl (C=O) groups excluding carboxylic acids is 3. The third kappa shape index (κ3) is 5.03. The smallest absolute Gasteiger partial charge is 0.374 e. The lowest BCUT2D eigenvalue weighted by molar-refractivity contribution is -0.147. The molecule has 0 saturated carbocycles. The number of carbonyl (C=O) groups is 3. The van der Waals surface area contributed by atoms with Crippen LogP contribution in [0.3, 0.4) is 0 Å². The molecule has 0 N–H and O–H groups in total. The number of esters is 2. The quantitative estimate of drug-likeness (QED) is 0.375. The Morgan fingerprint density at radius 3 is 2.48 bits per heavy atom. The third-order valence-corrected chi connectivity index (χ3v) is 4.45. The normalized spacial score (nSPS) is 10.5. The first-order chi connectivity index (χ1) is 14.9. The number of hydrogen-bond donors (Lipinski definition) is 0. The molecule has 31 heavy (non-hydrogen) atoms. The molecule has 0 aliphatic carbocycles. The molecule has 0 aliphatic heterocycles. The second-order valence-corrected chi connectivity index (χ2v) is 6.50. The summed E-state index contributed by atoms with van der Waals surface area (Å²) < 4.78 is 26.6. The predicted octanol–water partition coefficient (Wildman–Crippen LogP) is 3.94. The Morgan fingerprint density at radius 2 is 1.77 bits per heavy atom. The van der Waals surface area contributed by atoms with Gasteiger partial charge in [-0.05, 0) is 38.1 Å². The second kappa shape index (κ2) is 9.80. The van der Waals surface area contributed by atoms with E-state index in [4.69, 9.17) is 23.4 Å². The summed E-state index contributed by atoms with van der Waals surface area (Å²) in [4.78, 5) is 35.9. The van der Waals surface area contributed by atoms with E-state index in [1.165, 1.54) is 20.1 Å². The number of Topliss-reactive ketones (excluding diaryl/α,β-unsaturated/α-hetero) is 1. The Morgan fingerprint density at radius 1 is 1.00 bits per heavy atom. The Balaban J connectivity index is 1.69. The van der Waals surface area contributed by atoms with Crippen molar-refractivity contribution in [2.24, 2.45) is 0 Å². The van der Waals surface area contributed by atoms with Gasteiger partial charge in [0.2, 0.25) is 5.76 Å². The van der Waals surface area contributed by atoms with Crippen LogP contribution in [0.2, 0.25) is 0 Å². The monoisotopic (exact) mass is 426 g/mol. The lowest BCUT2D eigenvalue weighted by Gasteiger charge is -2.11. The van der Waals surface area contributed by atoms with Crippen molar-refractivity contribution in [3.05, 3.63) is 59.4 Å². The maximum Gasteiger partial charge on any atom is 0.374 e. The van der Waals surface area contributed by atoms with E-state index >= 15 is 0 Å². The van der Waals surface area contributed by atoms with Crippen LogP contribution in [-0.2, 0) is 20.9 Å². The maximum absolute atomic E-state index is 12.2. The molecule has 8 nitrogen and oxygen atoms in total. The van der Waals surface area contributed by atoms with Crippen molar-refractivity contribution in [3.63, 3.8) is 0 Å². The third-order valence-electron chi connectivity index (χ3n) is 4.45. The van der Waals surface area contributed by atoms with Crippen molar-refractivity contribution in [2.75, 3.05) is 20.3 Å². The maximum atomic E-state index is 12.2. The van der Waals surface area contributed by atoms with E-state index in [1.54, 1.807) is 43.3 Å². The second-order valence-electron chi connectivity index (χ2n) is 6.50. The van der Waals surface area contributed by atoms with Crippen LogP contribution < -0.4 is 9.47 Å². The van der Waals surface area contributed by atoms with Gasteiger partial charge in [-0.3, -0.25) is 4.79 Å². The number of hydrogen-bond acceptors (Lipinski definition) is 8. The van der Waals surface area contributed by atoms with Crippen LogP contribution in [0.4, 0.5) is 0 Å². The molecule has 0 fully saturated rings.